The van der Waals surface area contributed by atoms with Crippen molar-refractivity contribution >= 4 is 11.8 Å². The molecule has 0 bridgehead atoms. The highest BCUT2D eigenvalue weighted by molar-refractivity contribution is 7.99. The van der Waals surface area contributed by atoms with E-state index in [0.717, 1.165) is 5.75 Å². The molecule has 1 nitrogen and oxygen atoms in total. The van der Waals surface area contributed by atoms with Crippen LogP contribution in [0.15, 0.2) is 23.1 Å². The maximum Gasteiger partial charge on any atom is 0.0630 e. The van der Waals surface area contributed by atoms with E-state index in [1.807, 2.05) is 0 Å². The molecule has 1 rings (SSSR count). The summed E-state index contributed by atoms with van der Waals surface area (Å²) >= 11 is 1.76. The van der Waals surface area contributed by atoms with E-state index in [4.69, 9.17) is 5.26 Å². The van der Waals surface area contributed by atoms with Crippen molar-refractivity contribution in [1.82, 2.24) is 0 Å². The predicted molar refractivity (Wildman–Crippen MR) is 56.9 cm³/mol. The van der Waals surface area contributed by atoms with E-state index in [1.165, 1.54) is 16.0 Å². The van der Waals surface area contributed by atoms with E-state index >= 15 is 0 Å². The molecule has 0 aromatic heterocycles. The Bertz CT molecular complexity index is 325. The minimum absolute atomic E-state index is 0.623. The first-order valence-electron chi connectivity index (χ1n) is 4.31. The summed E-state index contributed by atoms with van der Waals surface area (Å²) in [4.78, 5) is 1.30. The van der Waals surface area contributed by atoms with Crippen molar-refractivity contribution in [3.05, 3.63) is 29.3 Å². The number of nitrogens with zero attached hydrogens (tertiary/aromatic N) is 1. The second kappa shape index (κ2) is 4.94. The molecule has 0 spiro atoms. The van der Waals surface area contributed by atoms with Crippen molar-refractivity contribution < 1.29 is 0 Å². The maximum atomic E-state index is 8.40. The lowest BCUT2D eigenvalue weighted by Gasteiger charge is -2.04. The van der Waals surface area contributed by atoms with Gasteiger partial charge in [0.05, 0.1) is 6.07 Å². The van der Waals surface area contributed by atoms with Crippen molar-refractivity contribution in [1.29, 1.82) is 5.26 Å². The van der Waals surface area contributed by atoms with Crippen LogP contribution in [-0.4, -0.2) is 5.75 Å². The molecule has 13 heavy (non-hydrogen) atoms. The Labute approximate surface area is 83.8 Å². The van der Waals surface area contributed by atoms with Gasteiger partial charge in [-0.15, -0.1) is 11.8 Å². The van der Waals surface area contributed by atoms with Crippen LogP contribution in [0.3, 0.4) is 0 Å². The molecule has 0 radical (unpaired) electrons. The van der Waals surface area contributed by atoms with Crippen LogP contribution in [0.4, 0.5) is 0 Å². The summed E-state index contributed by atoms with van der Waals surface area (Å²) in [7, 11) is 0. The van der Waals surface area contributed by atoms with Crippen LogP contribution in [0.2, 0.25) is 0 Å². The van der Waals surface area contributed by atoms with E-state index < -0.39 is 0 Å². The summed E-state index contributed by atoms with van der Waals surface area (Å²) in [6, 6.07) is 8.57. The predicted octanol–water partition coefficient (Wildman–Crippen LogP) is 3.31. The molecule has 0 N–H and O–H groups in total. The Morgan fingerprint density at radius 2 is 2.15 bits per heavy atom. The molecule has 0 heterocycles. The topological polar surface area (TPSA) is 23.8 Å². The van der Waals surface area contributed by atoms with Gasteiger partial charge in [0.1, 0.15) is 0 Å². The minimum Gasteiger partial charge on any atom is -0.198 e. The zero-order chi connectivity index (χ0) is 9.68. The van der Waals surface area contributed by atoms with Crippen LogP contribution < -0.4 is 0 Å². The Kier molecular flexibility index (Phi) is 3.85. The molecule has 0 aliphatic carbocycles. The minimum atomic E-state index is 0.623. The van der Waals surface area contributed by atoms with Gasteiger partial charge in [0.2, 0.25) is 0 Å². The summed E-state index contributed by atoms with van der Waals surface area (Å²) in [5, 5.41) is 8.40. The molecule has 0 fully saturated rings. The summed E-state index contributed by atoms with van der Waals surface area (Å²) in [6.07, 6.45) is 0.623. The highest BCUT2D eigenvalue weighted by Crippen LogP contribution is 2.23. The van der Waals surface area contributed by atoms with Gasteiger partial charge in [-0.2, -0.15) is 5.26 Å². The third-order valence-corrected chi connectivity index (χ3v) is 2.97. The monoisotopic (exact) mass is 191 g/mol. The van der Waals surface area contributed by atoms with Crippen molar-refractivity contribution in [3.63, 3.8) is 0 Å². The Hall–Kier alpha value is -0.940. The molecule has 0 saturated carbocycles. The molecule has 2 heteroatoms. The van der Waals surface area contributed by atoms with E-state index in [1.54, 1.807) is 11.8 Å². The fraction of sp³-hybridized carbons (Fsp3) is 0.364. The summed E-state index contributed by atoms with van der Waals surface area (Å²) < 4.78 is 0. The van der Waals surface area contributed by atoms with Crippen molar-refractivity contribution in [2.24, 2.45) is 0 Å². The standard InChI is InChI=1S/C11H13NS/c1-9-4-5-10(2)11(8-9)13-7-3-6-12/h4-5,8H,3,7H2,1-2H3. The van der Waals surface area contributed by atoms with Gasteiger partial charge in [-0.3, -0.25) is 0 Å². The third kappa shape index (κ3) is 3.12. The van der Waals surface area contributed by atoms with Crippen LogP contribution in [0.25, 0.3) is 0 Å². The molecule has 1 aromatic rings. The van der Waals surface area contributed by atoms with Gasteiger partial charge in [0, 0.05) is 17.1 Å². The van der Waals surface area contributed by atoms with Crippen LogP contribution in [0, 0.1) is 25.2 Å². The molecule has 1 aromatic carbocycles. The molecule has 68 valence electrons. The first-order valence-corrected chi connectivity index (χ1v) is 5.29. The molecular weight excluding hydrogens is 178 g/mol. The molecule has 0 amide bonds. The second-order valence-electron chi connectivity index (χ2n) is 3.03. The number of hydrogen-bond acceptors (Lipinski definition) is 2. The smallest absolute Gasteiger partial charge is 0.0630 e. The van der Waals surface area contributed by atoms with Crippen molar-refractivity contribution in [2.75, 3.05) is 5.75 Å². The molecular formula is C11H13NS. The molecule has 0 atom stereocenters. The number of benzene rings is 1. The SMILES string of the molecule is Cc1ccc(C)c(SCCC#N)c1. The average Bonchev–Trinajstić information content (AvgIpc) is 2.11. The van der Waals surface area contributed by atoms with Gasteiger partial charge in [-0.1, -0.05) is 17.7 Å². The molecule has 0 aliphatic rings. The lowest BCUT2D eigenvalue weighted by Crippen LogP contribution is -1.83. The van der Waals surface area contributed by atoms with E-state index in [0.29, 0.717) is 6.42 Å². The van der Waals surface area contributed by atoms with E-state index in [9.17, 15) is 0 Å². The summed E-state index contributed by atoms with van der Waals surface area (Å²) in [5.74, 6) is 0.890. The van der Waals surface area contributed by atoms with Gasteiger partial charge in [-0.05, 0) is 25.5 Å². The Balaban J connectivity index is 2.65. The molecule has 0 saturated heterocycles. The summed E-state index contributed by atoms with van der Waals surface area (Å²) in [5.41, 5.74) is 2.58. The quantitative estimate of drug-likeness (QED) is 0.540. The zero-order valence-electron chi connectivity index (χ0n) is 8.00. The van der Waals surface area contributed by atoms with E-state index in [2.05, 4.69) is 38.1 Å². The fourth-order valence-electron chi connectivity index (χ4n) is 1.07. The molecule has 0 aliphatic heterocycles. The lowest BCUT2D eigenvalue weighted by molar-refractivity contribution is 1.21. The van der Waals surface area contributed by atoms with Gasteiger partial charge < -0.3 is 0 Å². The third-order valence-electron chi connectivity index (χ3n) is 1.82. The zero-order valence-corrected chi connectivity index (χ0v) is 8.82. The number of nitriles is 1. The van der Waals surface area contributed by atoms with Gasteiger partial charge in [0.25, 0.3) is 0 Å². The number of thioether (sulfide) groups is 1. The number of rotatable bonds is 3. The highest BCUT2D eigenvalue weighted by Gasteiger charge is 1.98. The van der Waals surface area contributed by atoms with Crippen LogP contribution in [-0.2, 0) is 0 Å². The normalized spacial score (nSPS) is 9.62. The first-order chi connectivity index (χ1) is 6.24. The lowest BCUT2D eigenvalue weighted by atomic mass is 10.2. The van der Waals surface area contributed by atoms with Crippen LogP contribution in [0.5, 0.6) is 0 Å². The first kappa shape index (κ1) is 10.1. The fourth-order valence-corrected chi connectivity index (χ4v) is 2.05. The largest absolute Gasteiger partial charge is 0.198 e. The van der Waals surface area contributed by atoms with Crippen molar-refractivity contribution in [2.45, 2.75) is 25.2 Å². The summed E-state index contributed by atoms with van der Waals surface area (Å²) in [6.45, 7) is 4.20. The van der Waals surface area contributed by atoms with Crippen LogP contribution >= 0.6 is 11.8 Å². The second-order valence-corrected chi connectivity index (χ2v) is 4.16. The highest BCUT2D eigenvalue weighted by atomic mass is 32.2. The Morgan fingerprint density at radius 1 is 1.38 bits per heavy atom. The van der Waals surface area contributed by atoms with Gasteiger partial charge >= 0.3 is 0 Å². The maximum absolute atomic E-state index is 8.40. The van der Waals surface area contributed by atoms with Crippen molar-refractivity contribution in [3.8, 4) is 6.07 Å². The Morgan fingerprint density at radius 3 is 2.85 bits per heavy atom. The average molecular weight is 191 g/mol. The number of hydrogen-bond donors (Lipinski definition) is 0. The molecule has 0 unspecified atom stereocenters. The van der Waals surface area contributed by atoms with Gasteiger partial charge in [-0.25, -0.2) is 0 Å². The van der Waals surface area contributed by atoms with Crippen LogP contribution in [0.1, 0.15) is 17.5 Å². The number of aryl methyl sites for hydroxylation is 2. The van der Waals surface area contributed by atoms with Gasteiger partial charge in [0.15, 0.2) is 0 Å². The van der Waals surface area contributed by atoms with E-state index in [-0.39, 0.29) is 0 Å².